The van der Waals surface area contributed by atoms with E-state index in [2.05, 4.69) is 28.8 Å². The van der Waals surface area contributed by atoms with E-state index in [1.54, 1.807) is 0 Å². The van der Waals surface area contributed by atoms with Crippen LogP contribution in [0.2, 0.25) is 0 Å². The molecule has 0 radical (unpaired) electrons. The van der Waals surface area contributed by atoms with E-state index in [4.69, 9.17) is 0 Å². The van der Waals surface area contributed by atoms with Crippen molar-refractivity contribution >= 4 is 10.0 Å². The predicted molar refractivity (Wildman–Crippen MR) is 79.8 cm³/mol. The average molecular weight is 291 g/mol. The van der Waals surface area contributed by atoms with Crippen LogP contribution in [0.4, 0.5) is 0 Å². The smallest absolute Gasteiger partial charge is 0.212 e. The lowest BCUT2D eigenvalue weighted by Gasteiger charge is -2.26. The van der Waals surface area contributed by atoms with E-state index in [-0.39, 0.29) is 5.75 Å². The van der Waals surface area contributed by atoms with E-state index in [1.807, 2.05) is 0 Å². The lowest BCUT2D eigenvalue weighted by molar-refractivity contribution is 0.253. The van der Waals surface area contributed by atoms with Crippen LogP contribution in [0.25, 0.3) is 0 Å². The summed E-state index contributed by atoms with van der Waals surface area (Å²) in [5, 5.41) is 3.26. The van der Waals surface area contributed by atoms with Crippen molar-refractivity contribution < 1.29 is 8.42 Å². The van der Waals surface area contributed by atoms with Crippen molar-refractivity contribution in [3.8, 4) is 0 Å². The molecule has 114 valence electrons. The molecule has 2 N–H and O–H groups in total. The molecule has 1 aliphatic heterocycles. The lowest BCUT2D eigenvalue weighted by Crippen LogP contribution is -2.45. The summed E-state index contributed by atoms with van der Waals surface area (Å²) in [6, 6.07) is 0. The molecular weight excluding hydrogens is 262 g/mol. The second kappa shape index (κ2) is 8.89. The maximum Gasteiger partial charge on any atom is 0.212 e. The van der Waals surface area contributed by atoms with E-state index >= 15 is 0 Å². The molecule has 1 rings (SSSR count). The van der Waals surface area contributed by atoms with Crippen LogP contribution in [0.15, 0.2) is 0 Å². The number of nitrogens with zero attached hydrogens (tertiary/aromatic N) is 1. The van der Waals surface area contributed by atoms with Gasteiger partial charge in [-0.25, -0.2) is 13.1 Å². The molecule has 0 aliphatic carbocycles. The van der Waals surface area contributed by atoms with Gasteiger partial charge in [-0.1, -0.05) is 26.7 Å². The van der Waals surface area contributed by atoms with E-state index in [9.17, 15) is 8.42 Å². The third kappa shape index (κ3) is 8.57. The standard InChI is InChI=1S/C13H29N3O2S/c1-13(2)5-3-4-6-15-19(17,18)12-11-16-9-7-14-8-10-16/h13-15H,3-12H2,1-2H3. The molecule has 1 heterocycles. The molecule has 0 spiro atoms. The molecule has 5 nitrogen and oxygen atoms in total. The number of nitrogens with one attached hydrogen (secondary N) is 2. The van der Waals surface area contributed by atoms with Crippen LogP contribution < -0.4 is 10.0 Å². The van der Waals surface area contributed by atoms with E-state index in [1.165, 1.54) is 6.42 Å². The average Bonchev–Trinajstić information content (AvgIpc) is 2.37. The van der Waals surface area contributed by atoms with E-state index < -0.39 is 10.0 Å². The molecule has 0 aromatic rings. The predicted octanol–water partition coefficient (Wildman–Crippen LogP) is 0.637. The molecule has 6 heteroatoms. The highest BCUT2D eigenvalue weighted by molar-refractivity contribution is 7.89. The Labute approximate surface area is 118 Å². The Balaban J connectivity index is 2.09. The van der Waals surface area contributed by atoms with Crippen molar-refractivity contribution in [1.82, 2.24) is 14.9 Å². The molecule has 0 atom stereocenters. The van der Waals surface area contributed by atoms with E-state index in [0.29, 0.717) is 19.0 Å². The van der Waals surface area contributed by atoms with Crippen molar-refractivity contribution in [3.63, 3.8) is 0 Å². The van der Waals surface area contributed by atoms with Gasteiger partial charge in [-0.05, 0) is 12.3 Å². The van der Waals surface area contributed by atoms with Crippen LogP contribution in [-0.2, 0) is 10.0 Å². The summed E-state index contributed by atoms with van der Waals surface area (Å²) >= 11 is 0. The van der Waals surface area contributed by atoms with Crippen molar-refractivity contribution in [3.05, 3.63) is 0 Å². The normalized spacial score (nSPS) is 18.1. The van der Waals surface area contributed by atoms with Crippen LogP contribution in [0.3, 0.4) is 0 Å². The topological polar surface area (TPSA) is 61.4 Å². The molecule has 0 aromatic heterocycles. The number of rotatable bonds is 9. The van der Waals surface area contributed by atoms with Gasteiger partial charge in [0.05, 0.1) is 5.75 Å². The number of sulfonamides is 1. The van der Waals surface area contributed by atoms with Crippen molar-refractivity contribution in [1.29, 1.82) is 0 Å². The Morgan fingerprint density at radius 2 is 1.89 bits per heavy atom. The van der Waals surface area contributed by atoms with Crippen molar-refractivity contribution in [2.24, 2.45) is 5.92 Å². The monoisotopic (exact) mass is 291 g/mol. The maximum atomic E-state index is 11.8. The number of hydrogen-bond donors (Lipinski definition) is 2. The van der Waals surface area contributed by atoms with Gasteiger partial charge < -0.3 is 5.32 Å². The maximum absolute atomic E-state index is 11.8. The fourth-order valence-corrected chi connectivity index (χ4v) is 3.26. The molecule has 1 fully saturated rings. The van der Waals surface area contributed by atoms with Crippen LogP contribution in [0.1, 0.15) is 33.1 Å². The fourth-order valence-electron chi connectivity index (χ4n) is 2.16. The molecule has 1 saturated heterocycles. The fraction of sp³-hybridized carbons (Fsp3) is 1.00. The van der Waals surface area contributed by atoms with E-state index in [0.717, 1.165) is 39.0 Å². The van der Waals surface area contributed by atoms with Gasteiger partial charge in [0.2, 0.25) is 10.0 Å². The molecule has 19 heavy (non-hydrogen) atoms. The summed E-state index contributed by atoms with van der Waals surface area (Å²) in [6.45, 7) is 9.42. The minimum Gasteiger partial charge on any atom is -0.314 e. The highest BCUT2D eigenvalue weighted by Crippen LogP contribution is 2.05. The largest absolute Gasteiger partial charge is 0.314 e. The summed E-state index contributed by atoms with van der Waals surface area (Å²) in [5.74, 6) is 0.918. The highest BCUT2D eigenvalue weighted by atomic mass is 32.2. The Kier molecular flexibility index (Phi) is 7.90. The number of unbranched alkanes of at least 4 members (excludes halogenated alkanes) is 1. The summed E-state index contributed by atoms with van der Waals surface area (Å²) in [5.41, 5.74) is 0. The van der Waals surface area contributed by atoms with Crippen LogP contribution in [0.5, 0.6) is 0 Å². The van der Waals surface area contributed by atoms with Gasteiger partial charge in [-0.15, -0.1) is 0 Å². The molecule has 0 bridgehead atoms. The van der Waals surface area contributed by atoms with Gasteiger partial charge in [-0.3, -0.25) is 4.90 Å². The Morgan fingerprint density at radius 3 is 2.53 bits per heavy atom. The molecule has 0 aromatic carbocycles. The number of hydrogen-bond acceptors (Lipinski definition) is 4. The minimum absolute atomic E-state index is 0.219. The van der Waals surface area contributed by atoms with Gasteiger partial charge in [0.25, 0.3) is 0 Å². The first-order valence-corrected chi connectivity index (χ1v) is 9.05. The first-order chi connectivity index (χ1) is 8.99. The van der Waals surface area contributed by atoms with Crippen LogP contribution in [0, 0.1) is 5.92 Å². The van der Waals surface area contributed by atoms with Crippen molar-refractivity contribution in [2.45, 2.75) is 33.1 Å². The summed E-state index contributed by atoms with van der Waals surface area (Å²) in [7, 11) is -3.09. The zero-order valence-electron chi connectivity index (χ0n) is 12.3. The first kappa shape index (κ1) is 16.9. The molecule has 0 amide bonds. The molecule has 0 unspecified atom stereocenters. The molecule has 1 aliphatic rings. The molecule has 0 saturated carbocycles. The second-order valence-corrected chi connectivity index (χ2v) is 7.62. The third-order valence-electron chi connectivity index (χ3n) is 3.42. The van der Waals surface area contributed by atoms with Crippen molar-refractivity contribution in [2.75, 3.05) is 45.0 Å². The minimum atomic E-state index is -3.09. The lowest BCUT2D eigenvalue weighted by atomic mass is 10.1. The first-order valence-electron chi connectivity index (χ1n) is 7.40. The zero-order valence-corrected chi connectivity index (χ0v) is 13.1. The summed E-state index contributed by atoms with van der Waals surface area (Å²) in [4.78, 5) is 2.20. The summed E-state index contributed by atoms with van der Waals surface area (Å²) in [6.07, 6.45) is 3.20. The number of piperazine rings is 1. The highest BCUT2D eigenvalue weighted by Gasteiger charge is 2.14. The second-order valence-electron chi connectivity index (χ2n) is 5.69. The Bertz CT molecular complexity index is 325. The summed E-state index contributed by atoms with van der Waals surface area (Å²) < 4.78 is 26.3. The molecular formula is C13H29N3O2S. The Hall–Kier alpha value is -0.170. The quantitative estimate of drug-likeness (QED) is 0.612. The van der Waals surface area contributed by atoms with Gasteiger partial charge in [0.15, 0.2) is 0 Å². The SMILES string of the molecule is CC(C)CCCCNS(=O)(=O)CCN1CCNCC1. The van der Waals surface area contributed by atoms with Gasteiger partial charge in [-0.2, -0.15) is 0 Å². The third-order valence-corrected chi connectivity index (χ3v) is 4.78. The Morgan fingerprint density at radius 1 is 1.21 bits per heavy atom. The van der Waals surface area contributed by atoms with Gasteiger partial charge in [0.1, 0.15) is 0 Å². The van der Waals surface area contributed by atoms with Crippen LogP contribution in [-0.4, -0.2) is 58.3 Å². The van der Waals surface area contributed by atoms with Gasteiger partial charge in [0, 0.05) is 39.3 Å². The zero-order chi connectivity index (χ0) is 14.1. The van der Waals surface area contributed by atoms with Crippen LogP contribution >= 0.6 is 0 Å². The van der Waals surface area contributed by atoms with Gasteiger partial charge >= 0.3 is 0 Å².